The molecule has 1 aliphatic carbocycles. The van der Waals surface area contributed by atoms with Crippen LogP contribution in [0.15, 0.2) is 18.2 Å². The number of carbonyl (C=O) groups is 1. The number of nitrogens with one attached hydrogen (secondary N) is 1. The third-order valence-corrected chi connectivity index (χ3v) is 4.65. The van der Waals surface area contributed by atoms with Crippen LogP contribution in [0.1, 0.15) is 39.0 Å². The monoisotopic (exact) mass is 309 g/mol. The van der Waals surface area contributed by atoms with Crippen LogP contribution in [0.25, 0.3) is 0 Å². The lowest BCUT2D eigenvalue weighted by Gasteiger charge is -2.34. The van der Waals surface area contributed by atoms with Crippen LogP contribution in [0.5, 0.6) is 0 Å². The summed E-state index contributed by atoms with van der Waals surface area (Å²) in [6.07, 6.45) is 6.18. The standard InChI is InChI=1S/C16H24ClN3O/c1-11(20(2)13-6-4-3-5-7-13)16(21)19-15-9-8-12(17)10-14(15)18/h8-11,13H,3-7,18H2,1-2H3,(H,19,21). The van der Waals surface area contributed by atoms with Crippen LogP contribution in [0.4, 0.5) is 11.4 Å². The van der Waals surface area contributed by atoms with E-state index in [1.807, 2.05) is 14.0 Å². The molecular formula is C16H24ClN3O. The summed E-state index contributed by atoms with van der Waals surface area (Å²) in [6.45, 7) is 1.94. The summed E-state index contributed by atoms with van der Waals surface area (Å²) in [4.78, 5) is 14.6. The summed E-state index contributed by atoms with van der Waals surface area (Å²) in [5.41, 5.74) is 6.98. The summed E-state index contributed by atoms with van der Waals surface area (Å²) in [5.74, 6) is -0.0305. The SMILES string of the molecule is CC(C(=O)Nc1ccc(Cl)cc1N)N(C)C1CCCCC1. The molecule has 1 aromatic rings. The van der Waals surface area contributed by atoms with E-state index in [9.17, 15) is 4.79 Å². The number of benzene rings is 1. The van der Waals surface area contributed by atoms with Crippen LogP contribution < -0.4 is 11.1 Å². The first-order chi connectivity index (χ1) is 9.99. The van der Waals surface area contributed by atoms with Gasteiger partial charge >= 0.3 is 0 Å². The summed E-state index contributed by atoms with van der Waals surface area (Å²) >= 11 is 5.87. The highest BCUT2D eigenvalue weighted by Crippen LogP contribution is 2.25. The Morgan fingerprint density at radius 2 is 2.05 bits per heavy atom. The maximum absolute atomic E-state index is 12.4. The van der Waals surface area contributed by atoms with Crippen molar-refractivity contribution in [1.29, 1.82) is 0 Å². The number of likely N-dealkylation sites (N-methyl/N-ethyl adjacent to an activating group) is 1. The van der Waals surface area contributed by atoms with Gasteiger partial charge in [0, 0.05) is 11.1 Å². The van der Waals surface area contributed by atoms with Crippen molar-refractivity contribution in [3.8, 4) is 0 Å². The van der Waals surface area contributed by atoms with Crippen LogP contribution in [-0.2, 0) is 4.79 Å². The molecule has 1 amide bonds. The lowest BCUT2D eigenvalue weighted by molar-refractivity contribution is -0.121. The minimum Gasteiger partial charge on any atom is -0.397 e. The molecule has 2 rings (SSSR count). The van der Waals surface area contributed by atoms with E-state index in [1.54, 1.807) is 18.2 Å². The predicted octanol–water partition coefficient (Wildman–Crippen LogP) is 3.51. The Bertz CT molecular complexity index is 500. The van der Waals surface area contributed by atoms with Gasteiger partial charge in [-0.05, 0) is 45.0 Å². The molecule has 0 aliphatic heterocycles. The number of anilines is 2. The van der Waals surface area contributed by atoms with Crippen LogP contribution in [0, 0.1) is 0 Å². The van der Waals surface area contributed by atoms with Gasteiger partial charge in [-0.15, -0.1) is 0 Å². The highest BCUT2D eigenvalue weighted by Gasteiger charge is 2.26. The molecule has 1 saturated carbocycles. The van der Waals surface area contributed by atoms with Gasteiger partial charge in [0.15, 0.2) is 0 Å². The molecule has 3 N–H and O–H groups in total. The first kappa shape index (κ1) is 16.1. The van der Waals surface area contributed by atoms with Crippen molar-refractivity contribution in [2.45, 2.75) is 51.1 Å². The minimum atomic E-state index is -0.178. The Balaban J connectivity index is 1.98. The highest BCUT2D eigenvalue weighted by atomic mass is 35.5. The van der Waals surface area contributed by atoms with Gasteiger partial charge in [-0.3, -0.25) is 9.69 Å². The van der Waals surface area contributed by atoms with Gasteiger partial charge in [0.1, 0.15) is 0 Å². The quantitative estimate of drug-likeness (QED) is 0.837. The molecule has 0 radical (unpaired) electrons. The van der Waals surface area contributed by atoms with Gasteiger partial charge in [0.25, 0.3) is 0 Å². The molecule has 0 bridgehead atoms. The largest absolute Gasteiger partial charge is 0.397 e. The van der Waals surface area contributed by atoms with E-state index in [2.05, 4.69) is 10.2 Å². The van der Waals surface area contributed by atoms with Gasteiger partial charge in [0.05, 0.1) is 17.4 Å². The summed E-state index contributed by atoms with van der Waals surface area (Å²) in [6, 6.07) is 5.43. The third kappa shape index (κ3) is 4.11. The fourth-order valence-corrected chi connectivity index (χ4v) is 3.05. The Hall–Kier alpha value is -1.26. The maximum Gasteiger partial charge on any atom is 0.241 e. The predicted molar refractivity (Wildman–Crippen MR) is 88.6 cm³/mol. The number of carbonyl (C=O) groups excluding carboxylic acids is 1. The lowest BCUT2D eigenvalue weighted by atomic mass is 9.93. The van der Waals surface area contributed by atoms with Gasteiger partial charge in [-0.1, -0.05) is 30.9 Å². The molecule has 4 nitrogen and oxygen atoms in total. The summed E-state index contributed by atoms with van der Waals surface area (Å²) < 4.78 is 0. The molecule has 116 valence electrons. The first-order valence-corrected chi connectivity index (χ1v) is 7.94. The minimum absolute atomic E-state index is 0.0305. The molecule has 1 aliphatic rings. The van der Waals surface area contributed by atoms with Crippen molar-refractivity contribution >= 4 is 28.9 Å². The van der Waals surface area contributed by atoms with Gasteiger partial charge in [-0.2, -0.15) is 0 Å². The van der Waals surface area contributed by atoms with Crippen LogP contribution in [0.2, 0.25) is 5.02 Å². The Labute approximate surface area is 131 Å². The fourth-order valence-electron chi connectivity index (χ4n) is 2.87. The lowest BCUT2D eigenvalue weighted by Crippen LogP contribution is -2.46. The maximum atomic E-state index is 12.4. The Kier molecular flexibility index (Phi) is 5.48. The third-order valence-electron chi connectivity index (χ3n) is 4.41. The topological polar surface area (TPSA) is 58.4 Å². The van der Waals surface area contributed by atoms with E-state index in [-0.39, 0.29) is 11.9 Å². The average Bonchev–Trinajstić information content (AvgIpc) is 2.49. The molecular weight excluding hydrogens is 286 g/mol. The molecule has 0 heterocycles. The number of hydrogen-bond donors (Lipinski definition) is 2. The van der Waals surface area contributed by atoms with Crippen molar-refractivity contribution in [3.63, 3.8) is 0 Å². The molecule has 1 fully saturated rings. The zero-order valence-electron chi connectivity index (χ0n) is 12.7. The van der Waals surface area contributed by atoms with E-state index in [0.717, 1.165) is 0 Å². The number of nitrogens with zero attached hydrogens (tertiary/aromatic N) is 1. The van der Waals surface area contributed by atoms with Crippen LogP contribution in [0.3, 0.4) is 0 Å². The second-order valence-electron chi connectivity index (χ2n) is 5.85. The molecule has 1 unspecified atom stereocenters. The molecule has 0 spiro atoms. The van der Waals surface area contributed by atoms with Gasteiger partial charge < -0.3 is 11.1 Å². The molecule has 0 saturated heterocycles. The van der Waals surface area contributed by atoms with Gasteiger partial charge in [0.2, 0.25) is 5.91 Å². The molecule has 1 atom stereocenters. The normalized spacial score (nSPS) is 17.7. The summed E-state index contributed by atoms with van der Waals surface area (Å²) in [5, 5.41) is 3.46. The van der Waals surface area contributed by atoms with Crippen molar-refractivity contribution in [2.75, 3.05) is 18.1 Å². The second-order valence-corrected chi connectivity index (χ2v) is 6.29. The molecule has 0 aromatic heterocycles. The van der Waals surface area contributed by atoms with Crippen molar-refractivity contribution in [1.82, 2.24) is 4.90 Å². The number of rotatable bonds is 4. The average molecular weight is 310 g/mol. The van der Waals surface area contributed by atoms with Crippen LogP contribution >= 0.6 is 11.6 Å². The van der Waals surface area contributed by atoms with Gasteiger partial charge in [-0.25, -0.2) is 0 Å². The van der Waals surface area contributed by atoms with E-state index in [1.165, 1.54) is 32.1 Å². The zero-order chi connectivity index (χ0) is 15.4. The second kappa shape index (κ2) is 7.14. The fraction of sp³-hybridized carbons (Fsp3) is 0.562. The molecule has 5 heteroatoms. The zero-order valence-corrected chi connectivity index (χ0v) is 13.5. The molecule has 1 aromatic carbocycles. The smallest absolute Gasteiger partial charge is 0.241 e. The number of nitrogen functional groups attached to an aromatic ring is 1. The van der Waals surface area contributed by atoms with E-state index >= 15 is 0 Å². The van der Waals surface area contributed by atoms with Crippen LogP contribution in [-0.4, -0.2) is 29.9 Å². The molecule has 21 heavy (non-hydrogen) atoms. The number of nitrogens with two attached hydrogens (primary N) is 1. The van der Waals surface area contributed by atoms with Crippen molar-refractivity contribution < 1.29 is 4.79 Å². The number of hydrogen-bond acceptors (Lipinski definition) is 3. The number of amides is 1. The van der Waals surface area contributed by atoms with E-state index < -0.39 is 0 Å². The van der Waals surface area contributed by atoms with Crippen molar-refractivity contribution in [3.05, 3.63) is 23.2 Å². The van der Waals surface area contributed by atoms with E-state index in [4.69, 9.17) is 17.3 Å². The van der Waals surface area contributed by atoms with E-state index in [0.29, 0.717) is 22.4 Å². The Morgan fingerprint density at radius 3 is 2.67 bits per heavy atom. The Morgan fingerprint density at radius 1 is 1.38 bits per heavy atom. The summed E-state index contributed by atoms with van der Waals surface area (Å²) in [7, 11) is 2.03. The van der Waals surface area contributed by atoms with Crippen molar-refractivity contribution in [2.24, 2.45) is 0 Å². The first-order valence-electron chi connectivity index (χ1n) is 7.57. The number of halogens is 1. The highest BCUT2D eigenvalue weighted by molar-refractivity contribution is 6.31.